The first kappa shape index (κ1) is 15.3. The van der Waals surface area contributed by atoms with Gasteiger partial charge in [0.05, 0.1) is 0 Å². The second-order valence-corrected chi connectivity index (χ2v) is 6.16. The molecule has 2 rings (SSSR count). The summed E-state index contributed by atoms with van der Waals surface area (Å²) in [7, 11) is 0. The molecule has 1 N–H and O–H groups in total. The molecule has 0 spiro atoms. The summed E-state index contributed by atoms with van der Waals surface area (Å²) in [5.74, 6) is 0. The minimum Gasteiger partial charge on any atom is -0.313 e. The van der Waals surface area contributed by atoms with Gasteiger partial charge in [-0.25, -0.2) is 0 Å². The van der Waals surface area contributed by atoms with E-state index in [0.29, 0.717) is 6.04 Å². The van der Waals surface area contributed by atoms with Crippen LogP contribution in [0.1, 0.15) is 56.6 Å². The lowest BCUT2D eigenvalue weighted by Crippen LogP contribution is -2.32. The minimum atomic E-state index is 0.598. The quantitative estimate of drug-likeness (QED) is 0.703. The maximum atomic E-state index is 3.74. The van der Waals surface area contributed by atoms with Crippen LogP contribution in [0.3, 0.4) is 0 Å². The van der Waals surface area contributed by atoms with Crippen molar-refractivity contribution in [3.8, 4) is 0 Å². The molecule has 1 unspecified atom stereocenters. The molecule has 1 atom stereocenters. The standard InChI is InChI=1S/C19H29N/c1-3-12-20-19(14-17-9-5-4-6-10-17)15-18-11-7-8-16(2)13-18/h7-9,11,13,19-20H,3-6,10,12,14-15H2,1-2H3. The van der Waals surface area contributed by atoms with Crippen molar-refractivity contribution in [1.82, 2.24) is 5.32 Å². The number of nitrogens with one attached hydrogen (secondary N) is 1. The van der Waals surface area contributed by atoms with Gasteiger partial charge in [-0.15, -0.1) is 0 Å². The van der Waals surface area contributed by atoms with Gasteiger partial charge in [0.15, 0.2) is 0 Å². The average molecular weight is 271 g/mol. The van der Waals surface area contributed by atoms with E-state index < -0.39 is 0 Å². The van der Waals surface area contributed by atoms with E-state index in [-0.39, 0.29) is 0 Å². The number of hydrogen-bond donors (Lipinski definition) is 1. The Morgan fingerprint density at radius 1 is 1.20 bits per heavy atom. The van der Waals surface area contributed by atoms with E-state index in [1.54, 1.807) is 5.57 Å². The first-order chi connectivity index (χ1) is 9.78. The van der Waals surface area contributed by atoms with Crippen LogP contribution in [-0.4, -0.2) is 12.6 Å². The molecule has 1 aromatic carbocycles. The number of aryl methyl sites for hydroxylation is 1. The smallest absolute Gasteiger partial charge is 0.0145 e. The summed E-state index contributed by atoms with van der Waals surface area (Å²) in [6.45, 7) is 5.56. The highest BCUT2D eigenvalue weighted by Crippen LogP contribution is 2.22. The molecule has 110 valence electrons. The number of benzene rings is 1. The zero-order valence-electron chi connectivity index (χ0n) is 13.1. The molecule has 0 heterocycles. The van der Waals surface area contributed by atoms with Gasteiger partial charge in [0.2, 0.25) is 0 Å². The predicted molar refractivity (Wildman–Crippen MR) is 88.1 cm³/mol. The van der Waals surface area contributed by atoms with Crippen molar-refractivity contribution in [1.29, 1.82) is 0 Å². The van der Waals surface area contributed by atoms with Gasteiger partial charge in [0.1, 0.15) is 0 Å². The molecular weight excluding hydrogens is 242 g/mol. The summed E-state index contributed by atoms with van der Waals surface area (Å²) in [5.41, 5.74) is 4.51. The van der Waals surface area contributed by atoms with Gasteiger partial charge in [0.25, 0.3) is 0 Å². The normalized spacial score (nSPS) is 16.8. The monoisotopic (exact) mass is 271 g/mol. The SMILES string of the molecule is CCCNC(CC1=CCCCC1)Cc1cccc(C)c1. The van der Waals surface area contributed by atoms with E-state index >= 15 is 0 Å². The highest BCUT2D eigenvalue weighted by Gasteiger charge is 2.13. The van der Waals surface area contributed by atoms with Crippen LogP contribution < -0.4 is 5.32 Å². The summed E-state index contributed by atoms with van der Waals surface area (Å²) in [6.07, 6.45) is 11.5. The fourth-order valence-electron chi connectivity index (χ4n) is 3.10. The molecule has 0 fully saturated rings. The van der Waals surface area contributed by atoms with Crippen LogP contribution in [0.2, 0.25) is 0 Å². The lowest BCUT2D eigenvalue weighted by Gasteiger charge is -2.22. The van der Waals surface area contributed by atoms with Gasteiger partial charge in [-0.05, 0) is 64.0 Å². The van der Waals surface area contributed by atoms with Crippen LogP contribution in [0, 0.1) is 6.92 Å². The van der Waals surface area contributed by atoms with Gasteiger partial charge in [0, 0.05) is 6.04 Å². The van der Waals surface area contributed by atoms with E-state index in [9.17, 15) is 0 Å². The van der Waals surface area contributed by atoms with E-state index in [2.05, 4.69) is 49.5 Å². The van der Waals surface area contributed by atoms with Crippen LogP contribution in [0.15, 0.2) is 35.9 Å². The molecule has 0 radical (unpaired) electrons. The Labute approximate surface area is 124 Å². The van der Waals surface area contributed by atoms with Crippen LogP contribution in [0.5, 0.6) is 0 Å². The summed E-state index contributed by atoms with van der Waals surface area (Å²) in [5, 5.41) is 3.74. The molecule has 0 aromatic heterocycles. The van der Waals surface area contributed by atoms with Gasteiger partial charge >= 0.3 is 0 Å². The lowest BCUT2D eigenvalue weighted by molar-refractivity contribution is 0.490. The van der Waals surface area contributed by atoms with Gasteiger partial charge < -0.3 is 5.32 Å². The second-order valence-electron chi connectivity index (χ2n) is 6.16. The number of rotatable bonds is 7. The van der Waals surface area contributed by atoms with Crippen molar-refractivity contribution in [3.05, 3.63) is 47.0 Å². The zero-order chi connectivity index (χ0) is 14.2. The van der Waals surface area contributed by atoms with Crippen molar-refractivity contribution in [2.24, 2.45) is 0 Å². The average Bonchev–Trinajstić information content (AvgIpc) is 2.46. The number of allylic oxidation sites excluding steroid dienone is 1. The van der Waals surface area contributed by atoms with E-state index in [1.165, 1.54) is 49.7 Å². The molecule has 0 bridgehead atoms. The maximum Gasteiger partial charge on any atom is 0.0145 e. The Morgan fingerprint density at radius 2 is 2.10 bits per heavy atom. The molecule has 1 nitrogen and oxygen atoms in total. The summed E-state index contributed by atoms with van der Waals surface area (Å²) in [6, 6.07) is 9.56. The van der Waals surface area contributed by atoms with Crippen LogP contribution >= 0.6 is 0 Å². The fourth-order valence-corrected chi connectivity index (χ4v) is 3.10. The van der Waals surface area contributed by atoms with E-state index in [1.807, 2.05) is 0 Å². The Balaban J connectivity index is 1.97. The molecule has 20 heavy (non-hydrogen) atoms. The van der Waals surface area contributed by atoms with Crippen molar-refractivity contribution in [2.45, 2.75) is 64.8 Å². The lowest BCUT2D eigenvalue weighted by atomic mass is 9.91. The van der Waals surface area contributed by atoms with Crippen molar-refractivity contribution >= 4 is 0 Å². The largest absolute Gasteiger partial charge is 0.313 e. The summed E-state index contributed by atoms with van der Waals surface area (Å²) >= 11 is 0. The minimum absolute atomic E-state index is 0.598. The molecule has 0 aliphatic heterocycles. The zero-order valence-corrected chi connectivity index (χ0v) is 13.1. The molecule has 1 aliphatic carbocycles. The highest BCUT2D eigenvalue weighted by atomic mass is 14.9. The molecule has 0 saturated carbocycles. The Bertz CT molecular complexity index is 433. The first-order valence-corrected chi connectivity index (χ1v) is 8.24. The maximum absolute atomic E-state index is 3.74. The molecule has 1 aromatic rings. The molecule has 1 heteroatoms. The second kappa shape index (κ2) is 8.26. The van der Waals surface area contributed by atoms with Crippen molar-refractivity contribution in [2.75, 3.05) is 6.54 Å². The Morgan fingerprint density at radius 3 is 2.80 bits per heavy atom. The number of hydrogen-bond acceptors (Lipinski definition) is 1. The van der Waals surface area contributed by atoms with E-state index in [0.717, 1.165) is 13.0 Å². The topological polar surface area (TPSA) is 12.0 Å². The highest BCUT2D eigenvalue weighted by molar-refractivity contribution is 5.23. The summed E-state index contributed by atoms with van der Waals surface area (Å²) < 4.78 is 0. The predicted octanol–water partition coefficient (Wildman–Crippen LogP) is 4.80. The third-order valence-corrected chi connectivity index (χ3v) is 4.14. The molecule has 0 saturated heterocycles. The first-order valence-electron chi connectivity index (χ1n) is 8.24. The van der Waals surface area contributed by atoms with Gasteiger partial charge in [-0.2, -0.15) is 0 Å². The van der Waals surface area contributed by atoms with Gasteiger partial charge in [-0.3, -0.25) is 0 Å². The van der Waals surface area contributed by atoms with Gasteiger partial charge in [-0.1, -0.05) is 48.4 Å². The Hall–Kier alpha value is -1.08. The molecule has 1 aliphatic rings. The van der Waals surface area contributed by atoms with Crippen LogP contribution in [0.25, 0.3) is 0 Å². The van der Waals surface area contributed by atoms with Crippen LogP contribution in [0.4, 0.5) is 0 Å². The van der Waals surface area contributed by atoms with Crippen molar-refractivity contribution in [3.63, 3.8) is 0 Å². The third-order valence-electron chi connectivity index (χ3n) is 4.14. The third kappa shape index (κ3) is 5.13. The summed E-state index contributed by atoms with van der Waals surface area (Å²) in [4.78, 5) is 0. The molecular formula is C19H29N. The van der Waals surface area contributed by atoms with Crippen molar-refractivity contribution < 1.29 is 0 Å². The molecule has 0 amide bonds. The van der Waals surface area contributed by atoms with E-state index in [4.69, 9.17) is 0 Å². The van der Waals surface area contributed by atoms with Crippen LogP contribution in [-0.2, 0) is 6.42 Å². The Kier molecular flexibility index (Phi) is 6.32. The fraction of sp³-hybridized carbons (Fsp3) is 0.579.